The van der Waals surface area contributed by atoms with Gasteiger partial charge in [-0.25, -0.2) is 4.79 Å². The van der Waals surface area contributed by atoms with Crippen molar-refractivity contribution in [2.75, 3.05) is 18.1 Å². The van der Waals surface area contributed by atoms with E-state index in [9.17, 15) is 27.8 Å². The Bertz CT molecular complexity index is 474. The van der Waals surface area contributed by atoms with E-state index in [1.165, 1.54) is 6.92 Å². The molecule has 0 aliphatic carbocycles. The molecule has 0 radical (unpaired) electrons. The molecule has 0 aromatic carbocycles. The minimum Gasteiger partial charge on any atom is -0.481 e. The molecule has 0 saturated heterocycles. The topological polar surface area (TPSA) is 174 Å². The smallest absolute Gasteiger partial charge is 0.334 e. The van der Waals surface area contributed by atoms with E-state index in [-0.39, 0.29) is 30.5 Å². The third-order valence-corrected chi connectivity index (χ3v) is 6.68. The van der Waals surface area contributed by atoms with Crippen LogP contribution in [0.1, 0.15) is 72.6 Å². The van der Waals surface area contributed by atoms with E-state index < -0.39 is 39.8 Å². The molecule has 2 unspecified atom stereocenters. The van der Waals surface area contributed by atoms with Gasteiger partial charge in [0.15, 0.2) is 6.10 Å². The maximum Gasteiger partial charge on any atom is 0.334 e. The molecule has 0 aliphatic heterocycles. The summed E-state index contributed by atoms with van der Waals surface area (Å²) in [6.07, 6.45) is 3.76. The Kier molecular flexibility index (Phi) is 17.9. The van der Waals surface area contributed by atoms with Crippen molar-refractivity contribution in [2.24, 2.45) is 5.92 Å². The van der Waals surface area contributed by atoms with Gasteiger partial charge >= 0.3 is 11.9 Å². The summed E-state index contributed by atoms with van der Waals surface area (Å²) in [6, 6.07) is 0. The lowest BCUT2D eigenvalue weighted by Gasteiger charge is -2.28. The van der Waals surface area contributed by atoms with Crippen LogP contribution in [0, 0.1) is 5.92 Å². The number of rotatable bonds is 16. The number of unbranched alkanes of at least 4 members (excludes halogenated alkanes) is 3. The standard InChI is InChI=1S/C10H24O8S2.C8H16O2/c1-3-19(13,14)17-8-6-5-7-9(10(11)12)18-20(15,16)4-2;1-3-4-5-6-7(2)8(9)10/h9,13-16H,3-8H2,1-2H3,(H,11,12);7H,3-6H2,1-2H3,(H,9,10). The maximum absolute atomic E-state index is 10.9. The van der Waals surface area contributed by atoms with Crippen molar-refractivity contribution in [3.63, 3.8) is 0 Å². The first-order chi connectivity index (χ1) is 13.8. The predicted octanol–water partition coefficient (Wildman–Crippen LogP) is 5.30. The van der Waals surface area contributed by atoms with Gasteiger partial charge in [-0.3, -0.25) is 13.2 Å². The summed E-state index contributed by atoms with van der Waals surface area (Å²) < 4.78 is 46.8. The molecule has 0 saturated carbocycles. The molecule has 0 spiro atoms. The third-order valence-electron chi connectivity index (χ3n) is 4.09. The van der Waals surface area contributed by atoms with Crippen molar-refractivity contribution in [1.82, 2.24) is 0 Å². The molecule has 0 rings (SSSR count). The predicted molar refractivity (Wildman–Crippen MR) is 120 cm³/mol. The fourth-order valence-electron chi connectivity index (χ4n) is 2.00. The van der Waals surface area contributed by atoms with Gasteiger partial charge in [0.1, 0.15) is 0 Å². The zero-order valence-corrected chi connectivity index (χ0v) is 20.0. The van der Waals surface area contributed by atoms with Crippen LogP contribution in [0.3, 0.4) is 0 Å². The fraction of sp³-hybridized carbons (Fsp3) is 0.889. The van der Waals surface area contributed by atoms with Gasteiger partial charge in [0, 0.05) is 11.5 Å². The quantitative estimate of drug-likeness (QED) is 0.159. The second-order valence-corrected chi connectivity index (χ2v) is 10.8. The second kappa shape index (κ2) is 17.0. The van der Waals surface area contributed by atoms with Gasteiger partial charge in [-0.2, -0.15) is 0 Å². The first kappa shape index (κ1) is 31.6. The summed E-state index contributed by atoms with van der Waals surface area (Å²) in [4.78, 5) is 21.2. The van der Waals surface area contributed by atoms with E-state index in [4.69, 9.17) is 18.6 Å². The van der Waals surface area contributed by atoms with Crippen LogP contribution >= 0.6 is 21.7 Å². The lowest BCUT2D eigenvalue weighted by Crippen LogP contribution is -2.26. The average molecular weight is 481 g/mol. The molecular formula is C18H40O10S2. The number of aliphatic carboxylic acids is 2. The Morgan fingerprint density at radius 3 is 1.77 bits per heavy atom. The molecule has 6 N–H and O–H groups in total. The summed E-state index contributed by atoms with van der Waals surface area (Å²) in [5.41, 5.74) is 0. The molecule has 0 amide bonds. The summed E-state index contributed by atoms with van der Waals surface area (Å²) in [5.74, 6) is -2.07. The van der Waals surface area contributed by atoms with Crippen LogP contribution in [-0.4, -0.2) is 64.6 Å². The minimum atomic E-state index is -3.32. The van der Waals surface area contributed by atoms with Gasteiger partial charge in [0.25, 0.3) is 0 Å². The van der Waals surface area contributed by atoms with Gasteiger partial charge in [-0.1, -0.05) is 47.0 Å². The molecule has 0 fully saturated rings. The summed E-state index contributed by atoms with van der Waals surface area (Å²) in [5, 5.41) is 17.4. The van der Waals surface area contributed by atoms with Crippen molar-refractivity contribution in [2.45, 2.75) is 78.7 Å². The van der Waals surface area contributed by atoms with Crippen LogP contribution in [0.2, 0.25) is 0 Å². The molecule has 184 valence electrons. The van der Waals surface area contributed by atoms with Crippen molar-refractivity contribution in [3.8, 4) is 0 Å². The fourth-order valence-corrected chi connectivity index (χ4v) is 3.24. The van der Waals surface area contributed by atoms with Gasteiger partial charge in [0.05, 0.1) is 34.3 Å². The average Bonchev–Trinajstić information content (AvgIpc) is 2.67. The molecule has 0 heterocycles. The van der Waals surface area contributed by atoms with Gasteiger partial charge in [-0.15, -0.1) is 0 Å². The van der Waals surface area contributed by atoms with Gasteiger partial charge in [0.2, 0.25) is 0 Å². The highest BCUT2D eigenvalue weighted by Gasteiger charge is 2.27. The molecule has 0 bridgehead atoms. The highest BCUT2D eigenvalue weighted by Crippen LogP contribution is 2.41. The normalized spacial score (nSPS) is 14.9. The van der Waals surface area contributed by atoms with Crippen molar-refractivity contribution < 1.29 is 46.4 Å². The monoisotopic (exact) mass is 480 g/mol. The number of hydrogen-bond donors (Lipinski definition) is 6. The number of carbonyl (C=O) groups is 2. The molecule has 0 aromatic heterocycles. The first-order valence-corrected chi connectivity index (χ1v) is 13.4. The summed E-state index contributed by atoms with van der Waals surface area (Å²) >= 11 is 0. The Morgan fingerprint density at radius 1 is 0.800 bits per heavy atom. The number of hydrogen-bond acceptors (Lipinski definition) is 8. The lowest BCUT2D eigenvalue weighted by atomic mass is 10.0. The van der Waals surface area contributed by atoms with Crippen LogP contribution in [0.5, 0.6) is 0 Å². The molecule has 0 aliphatic rings. The molecule has 12 heteroatoms. The summed E-state index contributed by atoms with van der Waals surface area (Å²) in [6.45, 7) is 7.03. The SMILES string of the molecule is CCCCCC(C)C(=O)O.CCS(O)(O)OCCCCC(OS(O)(O)CC)C(=O)O. The van der Waals surface area contributed by atoms with E-state index in [1.54, 1.807) is 13.8 Å². The van der Waals surface area contributed by atoms with Crippen LogP contribution in [-0.2, 0) is 18.0 Å². The zero-order valence-electron chi connectivity index (χ0n) is 18.4. The largest absolute Gasteiger partial charge is 0.481 e. The molecule has 2 atom stereocenters. The highest BCUT2D eigenvalue weighted by atomic mass is 32.3. The molecule has 0 aromatic rings. The van der Waals surface area contributed by atoms with Crippen LogP contribution in [0.25, 0.3) is 0 Å². The molecule has 10 nitrogen and oxygen atoms in total. The number of carboxylic acid groups (broad SMARTS) is 2. The van der Waals surface area contributed by atoms with Crippen LogP contribution in [0.4, 0.5) is 0 Å². The molecule has 30 heavy (non-hydrogen) atoms. The van der Waals surface area contributed by atoms with Crippen molar-refractivity contribution in [1.29, 1.82) is 0 Å². The maximum atomic E-state index is 10.9. The van der Waals surface area contributed by atoms with E-state index >= 15 is 0 Å². The Morgan fingerprint density at radius 2 is 1.33 bits per heavy atom. The number of carboxylic acids is 2. The van der Waals surface area contributed by atoms with Gasteiger partial charge in [-0.05, 0) is 25.7 Å². The van der Waals surface area contributed by atoms with E-state index in [2.05, 4.69) is 6.92 Å². The summed E-state index contributed by atoms with van der Waals surface area (Å²) in [7, 11) is -6.31. The Hall–Kier alpha value is -0.600. The van der Waals surface area contributed by atoms with Crippen LogP contribution < -0.4 is 0 Å². The third kappa shape index (κ3) is 18.2. The van der Waals surface area contributed by atoms with Crippen molar-refractivity contribution in [3.05, 3.63) is 0 Å². The Labute approximate surface area is 183 Å². The van der Waals surface area contributed by atoms with Gasteiger partial charge < -0.3 is 28.4 Å². The molecular weight excluding hydrogens is 440 g/mol. The minimum absolute atomic E-state index is 0.0721. The van der Waals surface area contributed by atoms with Crippen molar-refractivity contribution >= 4 is 33.7 Å². The Balaban J connectivity index is 0. The first-order valence-electron chi connectivity index (χ1n) is 10.1. The van der Waals surface area contributed by atoms with E-state index in [0.717, 1.165) is 25.7 Å². The highest BCUT2D eigenvalue weighted by molar-refractivity contribution is 8.20. The van der Waals surface area contributed by atoms with E-state index in [1.807, 2.05) is 0 Å². The second-order valence-electron chi connectivity index (χ2n) is 6.77. The van der Waals surface area contributed by atoms with E-state index in [0.29, 0.717) is 12.8 Å². The zero-order chi connectivity index (χ0) is 23.8. The lowest BCUT2D eigenvalue weighted by molar-refractivity contribution is -0.145. The van der Waals surface area contributed by atoms with Crippen LogP contribution in [0.15, 0.2) is 0 Å².